The van der Waals surface area contributed by atoms with Crippen molar-refractivity contribution in [3.05, 3.63) is 70.4 Å². The number of aryl methyl sites for hydroxylation is 1. The third-order valence-electron chi connectivity index (χ3n) is 4.88. The van der Waals surface area contributed by atoms with Crippen molar-refractivity contribution in [2.45, 2.75) is 26.5 Å². The van der Waals surface area contributed by atoms with Gasteiger partial charge in [0.15, 0.2) is 18.1 Å². The largest absolute Gasteiger partial charge is 0.495 e. The number of nitrogens with two attached hydrogens (primary N) is 1. The number of esters is 1. The molecule has 2 heterocycles. The Bertz CT molecular complexity index is 1400. The van der Waals surface area contributed by atoms with Crippen molar-refractivity contribution >= 4 is 34.3 Å². The number of nitrogens with one attached hydrogen (secondary N) is 1. The van der Waals surface area contributed by atoms with Gasteiger partial charge in [-0.2, -0.15) is 20.1 Å². The van der Waals surface area contributed by atoms with Gasteiger partial charge in [0.1, 0.15) is 5.75 Å². The number of fused-ring (bicyclic) bond motifs is 1. The lowest BCUT2D eigenvalue weighted by atomic mass is 10.1. The van der Waals surface area contributed by atoms with Crippen LogP contribution in [0.5, 0.6) is 5.75 Å². The summed E-state index contributed by atoms with van der Waals surface area (Å²) in [5, 5.41) is 8.07. The van der Waals surface area contributed by atoms with Crippen LogP contribution in [0.1, 0.15) is 29.7 Å². The highest BCUT2D eigenvalue weighted by molar-refractivity contribution is 6.02. The summed E-state index contributed by atoms with van der Waals surface area (Å²) >= 11 is 0. The lowest BCUT2D eigenvalue weighted by molar-refractivity contribution is 0.0454. The van der Waals surface area contributed by atoms with Crippen molar-refractivity contribution < 1.29 is 14.3 Å². The molecule has 0 saturated carbocycles. The van der Waals surface area contributed by atoms with Crippen molar-refractivity contribution in [1.82, 2.24) is 24.7 Å². The number of rotatable bonds is 8. The second kappa shape index (κ2) is 9.94. The van der Waals surface area contributed by atoms with Gasteiger partial charge >= 0.3 is 5.97 Å². The highest BCUT2D eigenvalue weighted by Gasteiger charge is 2.19. The normalized spacial score (nSPS) is 10.8. The van der Waals surface area contributed by atoms with Crippen LogP contribution in [0, 0.1) is 0 Å². The number of ether oxygens (including phenoxy) is 2. The molecule has 11 nitrogen and oxygen atoms in total. The molecule has 0 aliphatic heterocycles. The highest BCUT2D eigenvalue weighted by Crippen LogP contribution is 2.25. The fraction of sp³-hybridized carbons (Fsp3) is 0.217. The van der Waals surface area contributed by atoms with Crippen LogP contribution in [-0.4, -0.2) is 37.8 Å². The molecule has 0 aliphatic rings. The average Bonchev–Trinajstić information content (AvgIpc) is 2.84. The number of nitrogens with zero attached hydrogens (tertiary/aromatic N) is 5. The van der Waals surface area contributed by atoms with Crippen molar-refractivity contribution in [1.29, 1.82) is 0 Å². The number of para-hydroxylation sites is 2. The van der Waals surface area contributed by atoms with Crippen LogP contribution in [0.25, 0.3) is 10.8 Å². The Morgan fingerprint density at radius 1 is 1.06 bits per heavy atom. The topological polar surface area (TPSA) is 147 Å². The molecular formula is C23H23N7O4. The van der Waals surface area contributed by atoms with E-state index in [0.717, 1.165) is 0 Å². The van der Waals surface area contributed by atoms with Gasteiger partial charge < -0.3 is 20.5 Å². The summed E-state index contributed by atoms with van der Waals surface area (Å²) in [6.07, 6.45) is 0.686. The summed E-state index contributed by atoms with van der Waals surface area (Å²) in [4.78, 5) is 37.9. The van der Waals surface area contributed by atoms with Crippen molar-refractivity contribution in [3.8, 4) is 5.75 Å². The molecule has 2 aromatic heterocycles. The molecule has 0 atom stereocenters. The van der Waals surface area contributed by atoms with E-state index in [2.05, 4.69) is 25.4 Å². The van der Waals surface area contributed by atoms with Gasteiger partial charge in [-0.3, -0.25) is 4.79 Å². The number of hydrogen-bond acceptors (Lipinski definition) is 10. The van der Waals surface area contributed by atoms with E-state index in [1.54, 1.807) is 43.5 Å². The Labute approximate surface area is 194 Å². The minimum atomic E-state index is -0.709. The molecule has 0 aliphatic carbocycles. The van der Waals surface area contributed by atoms with Crippen LogP contribution in [0.3, 0.4) is 0 Å². The lowest BCUT2D eigenvalue weighted by Gasteiger charge is -2.11. The first-order valence-corrected chi connectivity index (χ1v) is 10.6. The second-order valence-corrected chi connectivity index (χ2v) is 7.26. The predicted molar refractivity (Wildman–Crippen MR) is 126 cm³/mol. The number of benzene rings is 2. The molecule has 0 bridgehead atoms. The summed E-state index contributed by atoms with van der Waals surface area (Å²) in [6.45, 7) is 2.03. The van der Waals surface area contributed by atoms with Crippen molar-refractivity contribution in [2.24, 2.45) is 0 Å². The van der Waals surface area contributed by atoms with Gasteiger partial charge in [0.25, 0.3) is 5.56 Å². The van der Waals surface area contributed by atoms with Gasteiger partial charge in [0.2, 0.25) is 11.9 Å². The van der Waals surface area contributed by atoms with E-state index in [-0.39, 0.29) is 35.6 Å². The molecule has 0 fully saturated rings. The SMILES string of the molecule is CCCn1nc(C(=O)OCc2nc(N)nc(Nc3ccccc3OC)n2)c2ccccc2c1=O. The van der Waals surface area contributed by atoms with Crippen LogP contribution in [0.4, 0.5) is 17.6 Å². The van der Waals surface area contributed by atoms with Gasteiger partial charge in [-0.1, -0.05) is 37.3 Å². The Hall–Kier alpha value is -4.54. The fourth-order valence-electron chi connectivity index (χ4n) is 3.37. The average molecular weight is 461 g/mol. The number of methoxy groups -OCH3 is 1. The molecule has 3 N–H and O–H groups in total. The van der Waals surface area contributed by atoms with Crippen molar-refractivity contribution in [2.75, 3.05) is 18.2 Å². The van der Waals surface area contributed by atoms with E-state index in [9.17, 15) is 9.59 Å². The van der Waals surface area contributed by atoms with Gasteiger partial charge in [0, 0.05) is 11.9 Å². The smallest absolute Gasteiger partial charge is 0.359 e. The maximum atomic E-state index is 12.9. The minimum Gasteiger partial charge on any atom is -0.495 e. The van der Waals surface area contributed by atoms with Gasteiger partial charge in [-0.25, -0.2) is 9.48 Å². The standard InChI is InChI=1S/C23H23N7O4/c1-3-12-30-20(31)15-9-5-4-8-14(15)19(29-30)21(32)34-13-18-26-22(24)28-23(27-18)25-16-10-6-7-11-17(16)33-2/h4-11H,3,12-13H2,1-2H3,(H3,24,25,26,27,28). The molecule has 4 aromatic rings. The molecule has 0 unspecified atom stereocenters. The first-order valence-electron chi connectivity index (χ1n) is 10.6. The zero-order valence-electron chi connectivity index (χ0n) is 18.7. The van der Waals surface area contributed by atoms with Gasteiger partial charge in [0.05, 0.1) is 18.2 Å². The van der Waals surface area contributed by atoms with Crippen LogP contribution in [-0.2, 0) is 17.9 Å². The highest BCUT2D eigenvalue weighted by atomic mass is 16.5. The maximum absolute atomic E-state index is 12.9. The number of carbonyl (C=O) groups is 1. The lowest BCUT2D eigenvalue weighted by Crippen LogP contribution is -2.26. The molecule has 0 spiro atoms. The van der Waals surface area contributed by atoms with Gasteiger partial charge in [-0.05, 0) is 24.6 Å². The number of aromatic nitrogens is 5. The predicted octanol–water partition coefficient (Wildman–Crippen LogP) is 2.68. The first kappa shape index (κ1) is 22.6. The monoisotopic (exact) mass is 461 g/mol. The van der Waals surface area contributed by atoms with E-state index in [4.69, 9.17) is 15.2 Å². The summed E-state index contributed by atoms with van der Waals surface area (Å²) in [6, 6.07) is 14.0. The van der Waals surface area contributed by atoms with Crippen LogP contribution >= 0.6 is 0 Å². The molecule has 174 valence electrons. The number of hydrogen-bond donors (Lipinski definition) is 2. The minimum absolute atomic E-state index is 0.0399. The molecule has 34 heavy (non-hydrogen) atoms. The third-order valence-corrected chi connectivity index (χ3v) is 4.88. The number of anilines is 3. The molecule has 0 amide bonds. The third kappa shape index (κ3) is 4.77. The summed E-state index contributed by atoms with van der Waals surface area (Å²) in [5.41, 5.74) is 6.23. The Balaban J connectivity index is 1.57. The van der Waals surface area contributed by atoms with E-state index in [1.807, 2.05) is 19.1 Å². The van der Waals surface area contributed by atoms with E-state index >= 15 is 0 Å². The van der Waals surface area contributed by atoms with Crippen molar-refractivity contribution in [3.63, 3.8) is 0 Å². The zero-order chi connectivity index (χ0) is 24.1. The Morgan fingerprint density at radius 2 is 1.79 bits per heavy atom. The van der Waals surface area contributed by atoms with E-state index in [1.165, 1.54) is 4.68 Å². The molecule has 4 rings (SSSR count). The summed E-state index contributed by atoms with van der Waals surface area (Å²) < 4.78 is 12.0. The summed E-state index contributed by atoms with van der Waals surface area (Å²) in [5.74, 6) is 0.153. The maximum Gasteiger partial charge on any atom is 0.359 e. The van der Waals surface area contributed by atoms with E-state index in [0.29, 0.717) is 35.2 Å². The Morgan fingerprint density at radius 3 is 2.56 bits per heavy atom. The summed E-state index contributed by atoms with van der Waals surface area (Å²) in [7, 11) is 1.55. The van der Waals surface area contributed by atoms with Crippen LogP contribution in [0.15, 0.2) is 53.3 Å². The fourth-order valence-corrected chi connectivity index (χ4v) is 3.37. The quantitative estimate of drug-likeness (QED) is 0.375. The molecule has 0 radical (unpaired) electrons. The van der Waals surface area contributed by atoms with Gasteiger partial charge in [-0.15, -0.1) is 0 Å². The molecule has 11 heteroatoms. The Kier molecular flexibility index (Phi) is 6.62. The second-order valence-electron chi connectivity index (χ2n) is 7.26. The molecular weight excluding hydrogens is 438 g/mol. The molecule has 2 aromatic carbocycles. The van der Waals surface area contributed by atoms with Crippen LogP contribution < -0.4 is 21.3 Å². The zero-order valence-corrected chi connectivity index (χ0v) is 18.7. The number of nitrogen functional groups attached to an aromatic ring is 1. The number of carbonyl (C=O) groups excluding carboxylic acids is 1. The van der Waals surface area contributed by atoms with E-state index < -0.39 is 5.97 Å². The molecule has 0 saturated heterocycles. The first-order chi connectivity index (χ1) is 16.5. The van der Waals surface area contributed by atoms with Crippen LogP contribution in [0.2, 0.25) is 0 Å².